The monoisotopic (exact) mass is 277 g/mol. The molecular weight excluding hydrogens is 266 g/mol. The fraction of sp³-hybridized carbons (Fsp3) is 0.300. The lowest BCUT2D eigenvalue weighted by Gasteiger charge is -2.13. The molecule has 0 spiro atoms. The number of carboxylic acid groups (broad SMARTS) is 1. The predicted molar refractivity (Wildman–Crippen MR) is 65.3 cm³/mol. The van der Waals surface area contributed by atoms with Crippen molar-refractivity contribution in [1.82, 2.24) is 0 Å². The van der Waals surface area contributed by atoms with Crippen molar-refractivity contribution in [2.75, 3.05) is 11.6 Å². The summed E-state index contributed by atoms with van der Waals surface area (Å²) >= 11 is 5.84. The van der Waals surface area contributed by atoms with Gasteiger partial charge >= 0.3 is 5.97 Å². The van der Waals surface area contributed by atoms with Crippen LogP contribution in [0.1, 0.15) is 6.92 Å². The Kier molecular flexibility index (Phi) is 4.00. The summed E-state index contributed by atoms with van der Waals surface area (Å²) < 4.78 is 22.7. The Morgan fingerprint density at radius 2 is 2.06 bits per heavy atom. The zero-order valence-corrected chi connectivity index (χ0v) is 10.8. The maximum atomic E-state index is 11.3. The van der Waals surface area contributed by atoms with Crippen LogP contribution in [0, 0.1) is 0 Å². The maximum absolute atomic E-state index is 11.3. The van der Waals surface area contributed by atoms with Crippen LogP contribution in [0.25, 0.3) is 0 Å². The molecule has 7 heteroatoms. The summed E-state index contributed by atoms with van der Waals surface area (Å²) in [6.45, 7) is 1.44. The van der Waals surface area contributed by atoms with Crippen LogP contribution in [-0.4, -0.2) is 31.8 Å². The van der Waals surface area contributed by atoms with Gasteiger partial charge in [-0.05, 0) is 25.1 Å². The molecule has 0 aliphatic carbocycles. The van der Waals surface area contributed by atoms with E-state index < -0.39 is 21.8 Å². The van der Waals surface area contributed by atoms with E-state index in [9.17, 15) is 13.2 Å². The summed E-state index contributed by atoms with van der Waals surface area (Å²) in [7, 11) is -3.34. The zero-order valence-electron chi connectivity index (χ0n) is 9.27. The van der Waals surface area contributed by atoms with Gasteiger partial charge in [0.1, 0.15) is 6.04 Å². The van der Waals surface area contributed by atoms with E-state index in [4.69, 9.17) is 16.7 Å². The van der Waals surface area contributed by atoms with E-state index in [-0.39, 0.29) is 15.6 Å². The third kappa shape index (κ3) is 3.61. The Bertz CT molecular complexity index is 541. The highest BCUT2D eigenvalue weighted by molar-refractivity contribution is 7.90. The Balaban J connectivity index is 3.12. The number of carboxylic acids is 1. The fourth-order valence-corrected chi connectivity index (χ4v) is 1.96. The quantitative estimate of drug-likeness (QED) is 0.874. The first-order valence-electron chi connectivity index (χ1n) is 4.71. The molecule has 0 aliphatic rings. The van der Waals surface area contributed by atoms with E-state index >= 15 is 0 Å². The number of rotatable bonds is 4. The first-order chi connectivity index (χ1) is 7.71. The van der Waals surface area contributed by atoms with Crippen molar-refractivity contribution in [1.29, 1.82) is 0 Å². The summed E-state index contributed by atoms with van der Waals surface area (Å²) in [6.07, 6.45) is 1.07. The molecule has 0 saturated carbocycles. The topological polar surface area (TPSA) is 83.5 Å². The van der Waals surface area contributed by atoms with Crippen LogP contribution in [0.3, 0.4) is 0 Å². The second kappa shape index (κ2) is 4.93. The molecule has 0 saturated heterocycles. The van der Waals surface area contributed by atoms with Crippen molar-refractivity contribution in [2.45, 2.75) is 17.9 Å². The summed E-state index contributed by atoms with van der Waals surface area (Å²) in [5.41, 5.74) is 0.282. The smallest absolute Gasteiger partial charge is 0.325 e. The number of hydrogen-bond acceptors (Lipinski definition) is 4. The number of anilines is 1. The van der Waals surface area contributed by atoms with Crippen molar-refractivity contribution in [3.8, 4) is 0 Å². The highest BCUT2D eigenvalue weighted by atomic mass is 35.5. The molecule has 1 unspecified atom stereocenters. The lowest BCUT2D eigenvalue weighted by atomic mass is 10.2. The average molecular weight is 278 g/mol. The highest BCUT2D eigenvalue weighted by Crippen LogP contribution is 2.25. The number of hydrogen-bond donors (Lipinski definition) is 2. The molecule has 0 heterocycles. The van der Waals surface area contributed by atoms with Gasteiger partial charge in [0, 0.05) is 6.26 Å². The molecule has 0 amide bonds. The third-order valence-electron chi connectivity index (χ3n) is 2.11. The lowest BCUT2D eigenvalue weighted by Crippen LogP contribution is -2.25. The van der Waals surface area contributed by atoms with Crippen molar-refractivity contribution < 1.29 is 18.3 Å². The highest BCUT2D eigenvalue weighted by Gasteiger charge is 2.14. The van der Waals surface area contributed by atoms with Gasteiger partial charge in [-0.15, -0.1) is 0 Å². The molecule has 1 aromatic carbocycles. The largest absolute Gasteiger partial charge is 0.480 e. The van der Waals surface area contributed by atoms with Crippen LogP contribution in [0.15, 0.2) is 23.1 Å². The van der Waals surface area contributed by atoms with E-state index in [1.807, 2.05) is 0 Å². The van der Waals surface area contributed by atoms with E-state index in [2.05, 4.69) is 5.32 Å². The van der Waals surface area contributed by atoms with Gasteiger partial charge in [-0.3, -0.25) is 4.79 Å². The van der Waals surface area contributed by atoms with Crippen LogP contribution in [0.2, 0.25) is 5.02 Å². The normalized spacial score (nSPS) is 13.1. The molecule has 0 fully saturated rings. The average Bonchev–Trinajstić information content (AvgIpc) is 2.19. The Hall–Kier alpha value is -1.27. The summed E-state index contributed by atoms with van der Waals surface area (Å²) in [4.78, 5) is 10.8. The van der Waals surface area contributed by atoms with E-state index in [1.165, 1.54) is 25.1 Å². The Labute approximate surface area is 104 Å². The fourth-order valence-electron chi connectivity index (χ4n) is 1.14. The van der Waals surface area contributed by atoms with Crippen molar-refractivity contribution in [3.63, 3.8) is 0 Å². The molecule has 0 aromatic heterocycles. The molecule has 17 heavy (non-hydrogen) atoms. The van der Waals surface area contributed by atoms with Crippen LogP contribution in [0.4, 0.5) is 5.69 Å². The Morgan fingerprint density at radius 1 is 1.47 bits per heavy atom. The molecule has 1 aromatic rings. The number of sulfone groups is 1. The lowest BCUT2D eigenvalue weighted by molar-refractivity contribution is -0.137. The van der Waals surface area contributed by atoms with Gasteiger partial charge in [-0.1, -0.05) is 11.6 Å². The number of aliphatic carboxylic acids is 1. The third-order valence-corrected chi connectivity index (χ3v) is 3.55. The van der Waals surface area contributed by atoms with Crippen LogP contribution in [-0.2, 0) is 14.6 Å². The van der Waals surface area contributed by atoms with Gasteiger partial charge in [0.15, 0.2) is 9.84 Å². The molecule has 0 radical (unpaired) electrons. The summed E-state index contributed by atoms with van der Waals surface area (Å²) in [6, 6.07) is 3.24. The molecular formula is C10H12ClNO4S. The van der Waals surface area contributed by atoms with Crippen molar-refractivity contribution in [2.24, 2.45) is 0 Å². The minimum absolute atomic E-state index is 0.0852. The maximum Gasteiger partial charge on any atom is 0.325 e. The van der Waals surface area contributed by atoms with E-state index in [0.29, 0.717) is 0 Å². The number of benzene rings is 1. The first kappa shape index (κ1) is 13.8. The van der Waals surface area contributed by atoms with Gasteiger partial charge in [-0.25, -0.2) is 8.42 Å². The standard InChI is InChI=1S/C10H12ClNO4S/c1-6(10(13)14)12-9-5-7(17(2,15)16)3-4-8(9)11/h3-6,12H,1-2H3,(H,13,14). The van der Waals surface area contributed by atoms with Crippen LogP contribution < -0.4 is 5.32 Å². The summed E-state index contributed by atoms with van der Waals surface area (Å²) in [5.74, 6) is -1.05. The molecule has 0 aliphatic heterocycles. The molecule has 5 nitrogen and oxygen atoms in total. The molecule has 2 N–H and O–H groups in total. The molecule has 1 atom stereocenters. The molecule has 94 valence electrons. The van der Waals surface area contributed by atoms with Gasteiger partial charge in [0.25, 0.3) is 0 Å². The van der Waals surface area contributed by atoms with Crippen molar-refractivity contribution in [3.05, 3.63) is 23.2 Å². The molecule has 0 bridgehead atoms. The number of halogens is 1. The first-order valence-corrected chi connectivity index (χ1v) is 6.97. The molecule has 1 rings (SSSR count). The van der Waals surface area contributed by atoms with Gasteiger partial charge in [0.05, 0.1) is 15.6 Å². The van der Waals surface area contributed by atoms with E-state index in [1.54, 1.807) is 0 Å². The predicted octanol–water partition coefficient (Wildman–Crippen LogP) is 1.63. The Morgan fingerprint density at radius 3 is 2.53 bits per heavy atom. The number of carbonyl (C=O) groups is 1. The second-order valence-corrected chi connectivity index (χ2v) is 6.04. The zero-order chi connectivity index (χ0) is 13.2. The van der Waals surface area contributed by atoms with E-state index in [0.717, 1.165) is 6.26 Å². The minimum atomic E-state index is -3.34. The minimum Gasteiger partial charge on any atom is -0.480 e. The van der Waals surface area contributed by atoms with Crippen molar-refractivity contribution >= 4 is 33.1 Å². The second-order valence-electron chi connectivity index (χ2n) is 3.62. The van der Waals surface area contributed by atoms with Gasteiger partial charge < -0.3 is 10.4 Å². The van der Waals surface area contributed by atoms with Gasteiger partial charge in [0.2, 0.25) is 0 Å². The SMILES string of the molecule is CC(Nc1cc(S(C)(=O)=O)ccc1Cl)C(=O)O. The van der Waals surface area contributed by atoms with Crippen LogP contribution >= 0.6 is 11.6 Å². The van der Waals surface area contributed by atoms with Crippen LogP contribution in [0.5, 0.6) is 0 Å². The number of nitrogens with one attached hydrogen (secondary N) is 1. The summed E-state index contributed by atoms with van der Waals surface area (Å²) in [5, 5.41) is 11.6. The van der Waals surface area contributed by atoms with Gasteiger partial charge in [-0.2, -0.15) is 0 Å².